The zero-order valence-corrected chi connectivity index (χ0v) is 17.0. The molecule has 0 unspecified atom stereocenters. The van der Waals surface area contributed by atoms with Gasteiger partial charge in [-0.2, -0.15) is 10.2 Å². The number of aryl methyl sites for hydroxylation is 1. The largest absolute Gasteiger partial charge is 0.497 e. The van der Waals surface area contributed by atoms with Gasteiger partial charge in [0.25, 0.3) is 11.5 Å². The number of aromatic amines is 1. The van der Waals surface area contributed by atoms with E-state index in [1.54, 1.807) is 42.1 Å². The molecule has 0 radical (unpaired) electrons. The number of hydrogen-bond donors (Lipinski definition) is 2. The predicted molar refractivity (Wildman–Crippen MR) is 116 cm³/mol. The first-order valence-electron chi connectivity index (χ1n) is 9.74. The number of rotatable bonds is 4. The second-order valence-electron chi connectivity index (χ2n) is 7.38. The van der Waals surface area contributed by atoms with Gasteiger partial charge in [-0.3, -0.25) is 19.2 Å². The van der Waals surface area contributed by atoms with Gasteiger partial charge in [0.05, 0.1) is 30.9 Å². The van der Waals surface area contributed by atoms with Gasteiger partial charge in [0.2, 0.25) is 0 Å². The fraction of sp³-hybridized carbons (Fsp3) is 0.182. The van der Waals surface area contributed by atoms with Crippen molar-refractivity contribution >= 4 is 22.5 Å². The van der Waals surface area contributed by atoms with Crippen LogP contribution in [0.5, 0.6) is 5.75 Å². The monoisotopic (exact) mass is 416 g/mol. The van der Waals surface area contributed by atoms with Crippen molar-refractivity contribution < 1.29 is 9.53 Å². The second-order valence-corrected chi connectivity index (χ2v) is 7.38. The van der Waals surface area contributed by atoms with Crippen LogP contribution in [0.1, 0.15) is 21.6 Å². The maximum atomic E-state index is 13.2. The summed E-state index contributed by atoms with van der Waals surface area (Å²) in [5.41, 5.74) is 9.28. The number of ether oxygens (including phenoxy) is 1. The van der Waals surface area contributed by atoms with Crippen LogP contribution in [0.2, 0.25) is 0 Å². The zero-order valence-electron chi connectivity index (χ0n) is 17.0. The van der Waals surface area contributed by atoms with Gasteiger partial charge in [0.1, 0.15) is 11.6 Å². The van der Waals surface area contributed by atoms with Gasteiger partial charge in [0, 0.05) is 30.1 Å². The molecule has 3 heterocycles. The molecular formula is C22H20N6O3. The average molecular weight is 416 g/mol. The summed E-state index contributed by atoms with van der Waals surface area (Å²) in [6.07, 6.45) is 1.72. The predicted octanol–water partition coefficient (Wildman–Crippen LogP) is 1.95. The van der Waals surface area contributed by atoms with E-state index in [0.29, 0.717) is 40.1 Å². The molecule has 1 aliphatic heterocycles. The Kier molecular flexibility index (Phi) is 4.33. The Balaban J connectivity index is 1.63. The van der Waals surface area contributed by atoms with E-state index in [2.05, 4.69) is 15.3 Å². The number of carbonyl (C=O) groups is 1. The van der Waals surface area contributed by atoms with Crippen molar-refractivity contribution in [3.05, 3.63) is 69.8 Å². The lowest BCUT2D eigenvalue weighted by Crippen LogP contribution is -2.26. The van der Waals surface area contributed by atoms with Gasteiger partial charge in [0.15, 0.2) is 0 Å². The normalized spacial score (nSPS) is 13.1. The number of anilines is 1. The molecule has 31 heavy (non-hydrogen) atoms. The summed E-state index contributed by atoms with van der Waals surface area (Å²) in [5.74, 6) is 1.20. The van der Waals surface area contributed by atoms with Gasteiger partial charge < -0.3 is 10.5 Å². The number of amides is 1. The second kappa shape index (κ2) is 7.06. The van der Waals surface area contributed by atoms with E-state index in [1.807, 2.05) is 24.3 Å². The molecule has 5 rings (SSSR count). The van der Waals surface area contributed by atoms with Crippen molar-refractivity contribution in [1.29, 1.82) is 0 Å². The molecule has 2 aromatic heterocycles. The molecule has 0 atom stereocenters. The average Bonchev–Trinajstić information content (AvgIpc) is 3.33. The van der Waals surface area contributed by atoms with Crippen LogP contribution in [0.3, 0.4) is 0 Å². The number of methoxy groups -OCH3 is 1. The van der Waals surface area contributed by atoms with E-state index < -0.39 is 0 Å². The van der Waals surface area contributed by atoms with Gasteiger partial charge in [-0.25, -0.2) is 5.10 Å². The van der Waals surface area contributed by atoms with Gasteiger partial charge in [-0.1, -0.05) is 12.1 Å². The number of fused-ring (bicyclic) bond motifs is 2. The Morgan fingerprint density at radius 1 is 1.13 bits per heavy atom. The fourth-order valence-corrected chi connectivity index (χ4v) is 4.08. The highest BCUT2D eigenvalue weighted by atomic mass is 16.5. The molecule has 0 saturated heterocycles. The summed E-state index contributed by atoms with van der Waals surface area (Å²) in [7, 11) is 3.38. The quantitative estimate of drug-likeness (QED) is 0.525. The molecule has 0 saturated carbocycles. The van der Waals surface area contributed by atoms with Crippen LogP contribution >= 0.6 is 0 Å². The number of benzene rings is 2. The van der Waals surface area contributed by atoms with E-state index in [-0.39, 0.29) is 18.0 Å². The smallest absolute Gasteiger partial charge is 0.272 e. The van der Waals surface area contributed by atoms with Crippen molar-refractivity contribution in [2.45, 2.75) is 13.1 Å². The van der Waals surface area contributed by atoms with Gasteiger partial charge in [-0.15, -0.1) is 0 Å². The molecule has 0 spiro atoms. The summed E-state index contributed by atoms with van der Waals surface area (Å²) < 4.78 is 6.95. The molecule has 1 aliphatic rings. The number of hydrogen-bond acceptors (Lipinski definition) is 6. The van der Waals surface area contributed by atoms with Gasteiger partial charge in [-0.05, 0) is 35.4 Å². The van der Waals surface area contributed by atoms with Gasteiger partial charge >= 0.3 is 0 Å². The van der Waals surface area contributed by atoms with Crippen LogP contribution in [-0.4, -0.2) is 33.0 Å². The number of nitrogens with zero attached hydrogens (tertiary/aromatic N) is 4. The van der Waals surface area contributed by atoms with E-state index in [4.69, 9.17) is 10.5 Å². The Hall–Kier alpha value is -3.98. The van der Waals surface area contributed by atoms with E-state index >= 15 is 0 Å². The molecular weight excluding hydrogens is 396 g/mol. The van der Waals surface area contributed by atoms with Crippen LogP contribution in [0, 0.1) is 0 Å². The summed E-state index contributed by atoms with van der Waals surface area (Å²) in [6.45, 7) is 0.631. The Morgan fingerprint density at radius 2 is 1.97 bits per heavy atom. The van der Waals surface area contributed by atoms with Crippen LogP contribution < -0.4 is 20.9 Å². The van der Waals surface area contributed by atoms with Crippen LogP contribution in [0.25, 0.3) is 21.9 Å². The molecule has 0 aliphatic carbocycles. The summed E-state index contributed by atoms with van der Waals surface area (Å²) in [4.78, 5) is 27.1. The lowest BCUT2D eigenvalue weighted by Gasteiger charge is -2.18. The lowest BCUT2D eigenvalue weighted by molar-refractivity contribution is 0.0995. The minimum atomic E-state index is -0.274. The maximum absolute atomic E-state index is 13.2. The highest BCUT2D eigenvalue weighted by Crippen LogP contribution is 2.37. The molecule has 156 valence electrons. The Bertz CT molecular complexity index is 1400. The SMILES string of the molecule is COc1ccc2c(c1)C(=O)N(c1c(-c3ccc4c(=O)[nH]nc(CN)c4c3)cnn1C)C2. The molecule has 4 aromatic rings. The van der Waals surface area contributed by atoms with Crippen molar-refractivity contribution in [2.24, 2.45) is 12.8 Å². The van der Waals surface area contributed by atoms with Crippen LogP contribution in [0.4, 0.5) is 5.82 Å². The fourth-order valence-electron chi connectivity index (χ4n) is 4.08. The molecule has 9 nitrogen and oxygen atoms in total. The van der Waals surface area contributed by atoms with Crippen molar-refractivity contribution in [2.75, 3.05) is 12.0 Å². The summed E-state index contributed by atoms with van der Waals surface area (Å²) in [6, 6.07) is 11.0. The number of H-pyrrole nitrogens is 1. The number of nitrogens with one attached hydrogen (secondary N) is 1. The van der Waals surface area contributed by atoms with E-state index in [0.717, 1.165) is 16.7 Å². The third kappa shape index (κ3) is 2.89. The minimum Gasteiger partial charge on any atom is -0.497 e. The number of carbonyl (C=O) groups excluding carboxylic acids is 1. The Morgan fingerprint density at radius 3 is 2.74 bits per heavy atom. The number of nitrogens with two attached hydrogens (primary N) is 1. The third-order valence-corrected chi connectivity index (χ3v) is 5.66. The van der Waals surface area contributed by atoms with Crippen molar-refractivity contribution in [3.63, 3.8) is 0 Å². The molecule has 1 amide bonds. The van der Waals surface area contributed by atoms with Crippen LogP contribution in [-0.2, 0) is 20.1 Å². The van der Waals surface area contributed by atoms with Crippen molar-refractivity contribution in [3.8, 4) is 16.9 Å². The highest BCUT2D eigenvalue weighted by molar-refractivity contribution is 6.11. The summed E-state index contributed by atoms with van der Waals surface area (Å²) in [5, 5.41) is 12.1. The standard InChI is InChI=1S/C22H20N6O3/c1-27-21(28-11-13-3-5-14(31-2)8-16(13)22(28)30)18(10-24-27)12-4-6-15-17(7-12)19(9-23)25-26-20(15)29/h3-8,10H,9,11,23H2,1-2H3,(H,26,29). The maximum Gasteiger partial charge on any atom is 0.272 e. The third-order valence-electron chi connectivity index (χ3n) is 5.66. The zero-order chi connectivity index (χ0) is 21.7. The molecule has 3 N–H and O–H groups in total. The first-order chi connectivity index (χ1) is 15.0. The first kappa shape index (κ1) is 19.0. The Labute approximate surface area is 177 Å². The minimum absolute atomic E-state index is 0.111. The molecule has 2 aromatic carbocycles. The van der Waals surface area contributed by atoms with Crippen molar-refractivity contribution in [1.82, 2.24) is 20.0 Å². The molecule has 0 bridgehead atoms. The molecule has 9 heteroatoms. The number of aromatic nitrogens is 4. The van der Waals surface area contributed by atoms with Crippen LogP contribution in [0.15, 0.2) is 47.4 Å². The van der Waals surface area contributed by atoms with E-state index in [1.165, 1.54) is 0 Å². The highest BCUT2D eigenvalue weighted by Gasteiger charge is 2.32. The molecule has 0 fully saturated rings. The topological polar surface area (TPSA) is 119 Å². The summed E-state index contributed by atoms with van der Waals surface area (Å²) >= 11 is 0. The van der Waals surface area contributed by atoms with E-state index in [9.17, 15) is 9.59 Å². The first-order valence-corrected chi connectivity index (χ1v) is 9.74. The lowest BCUT2D eigenvalue weighted by atomic mass is 10.0.